The zero-order valence-corrected chi connectivity index (χ0v) is 10.2. The van der Waals surface area contributed by atoms with Crippen LogP contribution in [0, 0.1) is 5.41 Å². The summed E-state index contributed by atoms with van der Waals surface area (Å²) in [6.07, 6.45) is 1.95. The van der Waals surface area contributed by atoms with Crippen LogP contribution in [0.25, 0.3) is 10.9 Å². The summed E-state index contributed by atoms with van der Waals surface area (Å²) in [6.45, 7) is 5.77. The van der Waals surface area contributed by atoms with Crippen molar-refractivity contribution in [2.45, 2.75) is 13.8 Å². The minimum absolute atomic E-state index is 0.114. The first-order chi connectivity index (χ1) is 8.16. The van der Waals surface area contributed by atoms with Crippen LogP contribution < -0.4 is 5.46 Å². The van der Waals surface area contributed by atoms with Crippen molar-refractivity contribution in [2.24, 2.45) is 5.41 Å². The molecule has 0 atom stereocenters. The van der Waals surface area contributed by atoms with Crippen LogP contribution in [0.2, 0.25) is 0 Å². The van der Waals surface area contributed by atoms with Gasteiger partial charge in [0.25, 0.3) is 0 Å². The van der Waals surface area contributed by atoms with Gasteiger partial charge in [-0.25, -0.2) is 0 Å². The Hall–Kier alpha value is -1.26. The molecule has 2 heterocycles. The molecule has 0 radical (unpaired) electrons. The molecule has 1 fully saturated rings. The van der Waals surface area contributed by atoms with Gasteiger partial charge in [0, 0.05) is 30.3 Å². The van der Waals surface area contributed by atoms with Crippen LogP contribution >= 0.6 is 0 Å². The Kier molecular flexibility index (Phi) is 2.49. The van der Waals surface area contributed by atoms with Crippen LogP contribution in [0.5, 0.6) is 0 Å². The summed E-state index contributed by atoms with van der Waals surface area (Å²) >= 11 is 0. The number of hydrogen-bond donors (Lipinski definition) is 1. The van der Waals surface area contributed by atoms with Crippen molar-refractivity contribution >= 4 is 23.5 Å². The molecule has 17 heavy (non-hydrogen) atoms. The molecule has 1 aliphatic rings. The second-order valence-electron chi connectivity index (χ2n) is 5.40. The monoisotopic (exact) mass is 229 g/mol. The van der Waals surface area contributed by atoms with E-state index >= 15 is 0 Å². The molecule has 1 saturated heterocycles. The maximum atomic E-state index is 5.82. The van der Waals surface area contributed by atoms with Crippen LogP contribution in [0.4, 0.5) is 0 Å². The summed E-state index contributed by atoms with van der Waals surface area (Å²) in [7, 11) is -0.234. The van der Waals surface area contributed by atoms with Gasteiger partial charge in [-0.05, 0) is 23.0 Å². The lowest BCUT2D eigenvalue weighted by Gasteiger charge is -2.33. The van der Waals surface area contributed by atoms with Crippen molar-refractivity contribution in [2.75, 3.05) is 13.2 Å². The Morgan fingerprint density at radius 3 is 2.71 bits per heavy atom. The number of aromatic amines is 1. The molecule has 1 N–H and O–H groups in total. The predicted molar refractivity (Wildman–Crippen MR) is 69.4 cm³/mol. The Labute approximate surface area is 101 Å². The van der Waals surface area contributed by atoms with Crippen LogP contribution in [-0.2, 0) is 9.31 Å². The van der Waals surface area contributed by atoms with E-state index in [1.54, 1.807) is 0 Å². The molecule has 1 aromatic heterocycles. The van der Waals surface area contributed by atoms with Gasteiger partial charge in [-0.1, -0.05) is 26.0 Å². The summed E-state index contributed by atoms with van der Waals surface area (Å²) in [4.78, 5) is 3.20. The van der Waals surface area contributed by atoms with Gasteiger partial charge >= 0.3 is 7.12 Å². The van der Waals surface area contributed by atoms with E-state index in [0.717, 1.165) is 24.2 Å². The molecule has 0 unspecified atom stereocenters. The lowest BCUT2D eigenvalue weighted by molar-refractivity contribution is 0.0344. The number of aromatic nitrogens is 1. The summed E-state index contributed by atoms with van der Waals surface area (Å²) in [6, 6.07) is 8.22. The van der Waals surface area contributed by atoms with E-state index in [2.05, 4.69) is 37.0 Å². The molecule has 4 heteroatoms. The third-order valence-electron chi connectivity index (χ3n) is 3.13. The lowest BCUT2D eigenvalue weighted by atomic mass is 9.74. The molecular formula is C13H16BNO2. The number of rotatable bonds is 1. The van der Waals surface area contributed by atoms with Crippen LogP contribution in [0.1, 0.15) is 13.8 Å². The van der Waals surface area contributed by atoms with Gasteiger partial charge < -0.3 is 14.3 Å². The first kappa shape index (κ1) is 10.9. The molecule has 0 aliphatic carbocycles. The average Bonchev–Trinajstić information content (AvgIpc) is 2.77. The minimum atomic E-state index is -0.234. The van der Waals surface area contributed by atoms with E-state index in [4.69, 9.17) is 9.31 Å². The van der Waals surface area contributed by atoms with Gasteiger partial charge in [0.15, 0.2) is 0 Å². The Bertz CT molecular complexity index is 525. The van der Waals surface area contributed by atoms with Crippen LogP contribution in [0.3, 0.4) is 0 Å². The van der Waals surface area contributed by atoms with Crippen LogP contribution in [0.15, 0.2) is 30.5 Å². The van der Waals surface area contributed by atoms with Crippen molar-refractivity contribution in [3.8, 4) is 0 Å². The maximum Gasteiger partial charge on any atom is 0.494 e. The zero-order chi connectivity index (χ0) is 11.9. The van der Waals surface area contributed by atoms with Crippen LogP contribution in [-0.4, -0.2) is 25.3 Å². The topological polar surface area (TPSA) is 34.2 Å². The summed E-state index contributed by atoms with van der Waals surface area (Å²) in [5.74, 6) is 0. The van der Waals surface area contributed by atoms with E-state index in [0.29, 0.717) is 0 Å². The lowest BCUT2D eigenvalue weighted by Crippen LogP contribution is -2.47. The van der Waals surface area contributed by atoms with E-state index in [1.165, 1.54) is 5.39 Å². The normalized spacial score (nSPS) is 19.8. The largest absolute Gasteiger partial charge is 0.494 e. The van der Waals surface area contributed by atoms with Gasteiger partial charge in [0.1, 0.15) is 0 Å². The van der Waals surface area contributed by atoms with Crippen molar-refractivity contribution < 1.29 is 9.31 Å². The highest BCUT2D eigenvalue weighted by molar-refractivity contribution is 6.64. The average molecular weight is 229 g/mol. The van der Waals surface area contributed by atoms with Crippen molar-refractivity contribution in [3.05, 3.63) is 30.5 Å². The van der Waals surface area contributed by atoms with Crippen molar-refractivity contribution in [3.63, 3.8) is 0 Å². The number of nitrogens with one attached hydrogen (secondary N) is 1. The zero-order valence-electron chi connectivity index (χ0n) is 10.2. The van der Waals surface area contributed by atoms with Crippen molar-refractivity contribution in [1.29, 1.82) is 0 Å². The molecule has 0 saturated carbocycles. The molecule has 1 aliphatic heterocycles. The molecule has 3 nitrogen and oxygen atoms in total. The maximum absolute atomic E-state index is 5.82. The van der Waals surface area contributed by atoms with Gasteiger partial charge in [-0.2, -0.15) is 0 Å². The molecule has 2 aromatic rings. The molecule has 1 aromatic carbocycles. The first-order valence-corrected chi connectivity index (χ1v) is 5.95. The Morgan fingerprint density at radius 1 is 1.18 bits per heavy atom. The molecule has 0 amide bonds. The number of fused-ring (bicyclic) bond motifs is 1. The fourth-order valence-corrected chi connectivity index (χ4v) is 2.19. The van der Waals surface area contributed by atoms with Gasteiger partial charge in [0.05, 0.1) is 0 Å². The standard InChI is InChI=1S/C13H16BNO2/c1-13(2)8-16-14(17-9-13)11-4-3-5-12-10(11)6-7-15-12/h3-7,15H,8-9H2,1-2H3. The number of hydrogen-bond acceptors (Lipinski definition) is 2. The van der Waals surface area contributed by atoms with E-state index in [-0.39, 0.29) is 12.5 Å². The highest BCUT2D eigenvalue weighted by Crippen LogP contribution is 2.22. The van der Waals surface area contributed by atoms with Crippen molar-refractivity contribution in [1.82, 2.24) is 4.98 Å². The Balaban J connectivity index is 1.92. The summed E-state index contributed by atoms with van der Waals surface area (Å²) in [5.41, 5.74) is 2.35. The molecule has 0 bridgehead atoms. The van der Waals surface area contributed by atoms with E-state index in [1.807, 2.05) is 12.3 Å². The smallest absolute Gasteiger partial charge is 0.407 e. The molecule has 0 spiro atoms. The van der Waals surface area contributed by atoms with Gasteiger partial charge in [-0.3, -0.25) is 0 Å². The third-order valence-corrected chi connectivity index (χ3v) is 3.13. The number of benzene rings is 1. The molecule has 88 valence electrons. The molecular weight excluding hydrogens is 213 g/mol. The summed E-state index contributed by atoms with van der Waals surface area (Å²) in [5, 5.41) is 1.18. The highest BCUT2D eigenvalue weighted by Gasteiger charge is 2.34. The fraction of sp³-hybridized carbons (Fsp3) is 0.385. The third kappa shape index (κ3) is 1.98. The van der Waals surface area contributed by atoms with E-state index in [9.17, 15) is 0 Å². The van der Waals surface area contributed by atoms with E-state index < -0.39 is 0 Å². The summed E-state index contributed by atoms with van der Waals surface area (Å²) < 4.78 is 11.6. The quantitative estimate of drug-likeness (QED) is 0.758. The fourth-order valence-electron chi connectivity index (χ4n) is 2.19. The van der Waals surface area contributed by atoms with Gasteiger partial charge in [-0.15, -0.1) is 0 Å². The first-order valence-electron chi connectivity index (χ1n) is 5.95. The molecule has 3 rings (SSSR count). The Morgan fingerprint density at radius 2 is 1.94 bits per heavy atom. The second kappa shape index (κ2) is 3.89. The minimum Gasteiger partial charge on any atom is -0.407 e. The highest BCUT2D eigenvalue weighted by atomic mass is 16.6. The SMILES string of the molecule is CC1(C)COB(c2cccc3[nH]ccc23)OC1. The number of H-pyrrole nitrogens is 1. The predicted octanol–water partition coefficient (Wildman–Crippen LogP) is 1.94. The van der Waals surface area contributed by atoms with Gasteiger partial charge in [0.2, 0.25) is 0 Å². The second-order valence-corrected chi connectivity index (χ2v) is 5.40.